The molecule has 0 bridgehead atoms. The lowest BCUT2D eigenvalue weighted by Crippen LogP contribution is -2.46. The lowest BCUT2D eigenvalue weighted by molar-refractivity contribution is -0.135. The molecule has 0 spiro atoms. The van der Waals surface area contributed by atoms with Crippen LogP contribution >= 0.6 is 34.8 Å². The van der Waals surface area contributed by atoms with Crippen LogP contribution in [0.25, 0.3) is 0 Å². The maximum absolute atomic E-state index is 12.9. The summed E-state index contributed by atoms with van der Waals surface area (Å²) >= 11 is 17.9. The molecule has 0 N–H and O–H groups in total. The minimum Gasteiger partial charge on any atom is -0.341 e. The van der Waals surface area contributed by atoms with Crippen molar-refractivity contribution in [3.63, 3.8) is 0 Å². The van der Waals surface area contributed by atoms with Crippen molar-refractivity contribution in [1.29, 1.82) is 0 Å². The fraction of sp³-hybridized carbons (Fsp3) is 0.381. The molecule has 1 saturated heterocycles. The summed E-state index contributed by atoms with van der Waals surface area (Å²) in [5, 5.41) is 1.41. The number of hydrogen-bond donors (Lipinski definition) is 0. The summed E-state index contributed by atoms with van der Waals surface area (Å²) in [5.74, 6) is -0.647. The SMILES string of the molecule is CN(Cc1ccc(Cl)cc1)C(=O)C1CCCN(S(=O)(=O)Cc2ccc(Cl)cc2Cl)C1. The van der Waals surface area contributed by atoms with Gasteiger partial charge in [0, 0.05) is 41.7 Å². The average Bonchev–Trinajstić information content (AvgIpc) is 2.71. The zero-order valence-electron chi connectivity index (χ0n) is 16.5. The molecular weight excluding hydrogens is 467 g/mol. The fourth-order valence-corrected chi connectivity index (χ4v) is 5.90. The maximum atomic E-state index is 12.9. The molecule has 0 aliphatic carbocycles. The number of sulfonamides is 1. The van der Waals surface area contributed by atoms with Gasteiger partial charge in [0.05, 0.1) is 11.7 Å². The van der Waals surface area contributed by atoms with Gasteiger partial charge in [0.15, 0.2) is 0 Å². The molecule has 1 fully saturated rings. The van der Waals surface area contributed by atoms with Crippen molar-refractivity contribution < 1.29 is 13.2 Å². The first-order valence-electron chi connectivity index (χ1n) is 9.57. The lowest BCUT2D eigenvalue weighted by Gasteiger charge is -2.33. The third kappa shape index (κ3) is 5.89. The van der Waals surface area contributed by atoms with Gasteiger partial charge in [-0.3, -0.25) is 4.79 Å². The Morgan fingerprint density at radius 1 is 1.10 bits per heavy atom. The highest BCUT2D eigenvalue weighted by molar-refractivity contribution is 7.88. The first kappa shape index (κ1) is 23.4. The van der Waals surface area contributed by atoms with E-state index in [0.29, 0.717) is 46.6 Å². The summed E-state index contributed by atoms with van der Waals surface area (Å²) < 4.78 is 27.3. The smallest absolute Gasteiger partial charge is 0.227 e. The molecule has 1 aliphatic heterocycles. The molecule has 1 heterocycles. The van der Waals surface area contributed by atoms with Gasteiger partial charge in [0.1, 0.15) is 0 Å². The van der Waals surface area contributed by atoms with Gasteiger partial charge >= 0.3 is 0 Å². The number of amides is 1. The van der Waals surface area contributed by atoms with E-state index in [0.717, 1.165) is 5.56 Å². The highest BCUT2D eigenvalue weighted by atomic mass is 35.5. The molecule has 5 nitrogen and oxygen atoms in total. The number of piperidine rings is 1. The van der Waals surface area contributed by atoms with Crippen molar-refractivity contribution in [2.24, 2.45) is 5.92 Å². The Morgan fingerprint density at radius 3 is 2.43 bits per heavy atom. The average molecular weight is 490 g/mol. The van der Waals surface area contributed by atoms with Gasteiger partial charge in [-0.2, -0.15) is 0 Å². The molecular formula is C21H23Cl3N2O3S. The van der Waals surface area contributed by atoms with Crippen LogP contribution in [-0.2, 0) is 27.1 Å². The van der Waals surface area contributed by atoms with Crippen molar-refractivity contribution in [2.75, 3.05) is 20.1 Å². The topological polar surface area (TPSA) is 57.7 Å². The van der Waals surface area contributed by atoms with Crippen molar-refractivity contribution in [3.05, 3.63) is 68.7 Å². The van der Waals surface area contributed by atoms with Crippen molar-refractivity contribution in [3.8, 4) is 0 Å². The number of carbonyl (C=O) groups is 1. The molecule has 30 heavy (non-hydrogen) atoms. The Hall–Kier alpha value is -1.31. The molecule has 2 aromatic carbocycles. The third-order valence-electron chi connectivity index (χ3n) is 5.19. The predicted molar refractivity (Wildman–Crippen MR) is 121 cm³/mol. The maximum Gasteiger partial charge on any atom is 0.227 e. The number of carbonyl (C=O) groups excluding carboxylic acids is 1. The number of nitrogens with zero attached hydrogens (tertiary/aromatic N) is 2. The molecule has 2 aromatic rings. The van der Waals surface area contributed by atoms with Gasteiger partial charge in [-0.1, -0.05) is 53.0 Å². The van der Waals surface area contributed by atoms with Crippen molar-refractivity contribution in [2.45, 2.75) is 25.1 Å². The van der Waals surface area contributed by atoms with E-state index in [9.17, 15) is 13.2 Å². The Balaban J connectivity index is 1.66. The Bertz CT molecular complexity index is 1010. The van der Waals surface area contributed by atoms with Crippen LogP contribution < -0.4 is 0 Å². The van der Waals surface area contributed by atoms with Crippen LogP contribution in [0.4, 0.5) is 0 Å². The van der Waals surface area contributed by atoms with Gasteiger partial charge in [-0.25, -0.2) is 12.7 Å². The second-order valence-electron chi connectivity index (χ2n) is 7.51. The molecule has 162 valence electrons. The molecule has 1 atom stereocenters. The lowest BCUT2D eigenvalue weighted by atomic mass is 9.98. The highest BCUT2D eigenvalue weighted by Crippen LogP contribution is 2.27. The van der Waals surface area contributed by atoms with Crippen LogP contribution in [0, 0.1) is 5.92 Å². The molecule has 1 unspecified atom stereocenters. The van der Waals surface area contributed by atoms with Crippen LogP contribution in [0.15, 0.2) is 42.5 Å². The molecule has 0 radical (unpaired) electrons. The normalized spacial score (nSPS) is 17.7. The van der Waals surface area contributed by atoms with Crippen LogP contribution in [0.2, 0.25) is 15.1 Å². The van der Waals surface area contributed by atoms with Gasteiger partial charge in [-0.15, -0.1) is 0 Å². The zero-order valence-corrected chi connectivity index (χ0v) is 19.6. The minimum atomic E-state index is -3.61. The van der Waals surface area contributed by atoms with E-state index in [1.54, 1.807) is 36.2 Å². The number of rotatable bonds is 6. The Kier molecular flexibility index (Phi) is 7.69. The van der Waals surface area contributed by atoms with Crippen LogP contribution in [0.1, 0.15) is 24.0 Å². The van der Waals surface area contributed by atoms with Gasteiger partial charge in [0.25, 0.3) is 0 Å². The summed E-state index contributed by atoms with van der Waals surface area (Å²) in [6.07, 6.45) is 1.30. The first-order valence-corrected chi connectivity index (χ1v) is 12.3. The molecule has 1 aliphatic rings. The first-order chi connectivity index (χ1) is 14.2. The number of hydrogen-bond acceptors (Lipinski definition) is 3. The summed E-state index contributed by atoms with van der Waals surface area (Å²) in [5.41, 5.74) is 1.46. The standard InChI is InChI=1S/C21H23Cl3N2O3S/c1-25(12-15-4-7-18(22)8-5-15)21(27)16-3-2-10-26(13-16)30(28,29)14-17-6-9-19(23)11-20(17)24/h4-9,11,16H,2-3,10,12-14H2,1H3. The summed E-state index contributed by atoms with van der Waals surface area (Å²) in [7, 11) is -1.87. The predicted octanol–water partition coefficient (Wildman–Crippen LogP) is 4.85. The quantitative estimate of drug-likeness (QED) is 0.583. The van der Waals surface area contributed by atoms with Gasteiger partial charge < -0.3 is 4.90 Å². The van der Waals surface area contributed by atoms with E-state index in [2.05, 4.69) is 0 Å². The molecule has 0 saturated carbocycles. The van der Waals surface area contributed by atoms with Crippen LogP contribution in [0.5, 0.6) is 0 Å². The molecule has 0 aromatic heterocycles. The summed E-state index contributed by atoms with van der Waals surface area (Å²) in [4.78, 5) is 14.6. The fourth-order valence-electron chi connectivity index (χ4n) is 3.58. The van der Waals surface area contributed by atoms with Crippen molar-refractivity contribution in [1.82, 2.24) is 9.21 Å². The second-order valence-corrected chi connectivity index (χ2v) is 10.8. The largest absolute Gasteiger partial charge is 0.341 e. The molecule has 3 rings (SSSR count). The number of benzene rings is 2. The van der Waals surface area contributed by atoms with Crippen LogP contribution in [0.3, 0.4) is 0 Å². The van der Waals surface area contributed by atoms with Crippen LogP contribution in [-0.4, -0.2) is 43.7 Å². The van der Waals surface area contributed by atoms with E-state index in [4.69, 9.17) is 34.8 Å². The van der Waals surface area contributed by atoms with E-state index >= 15 is 0 Å². The second kappa shape index (κ2) is 9.88. The van der Waals surface area contributed by atoms with Gasteiger partial charge in [-0.05, 0) is 48.2 Å². The van der Waals surface area contributed by atoms with E-state index < -0.39 is 10.0 Å². The summed E-state index contributed by atoms with van der Waals surface area (Å²) in [6.45, 7) is 1.02. The minimum absolute atomic E-state index is 0.0608. The Morgan fingerprint density at radius 2 is 1.77 bits per heavy atom. The third-order valence-corrected chi connectivity index (χ3v) is 7.82. The van der Waals surface area contributed by atoms with Gasteiger partial charge in [0.2, 0.25) is 15.9 Å². The zero-order chi connectivity index (χ0) is 21.9. The summed E-state index contributed by atoms with van der Waals surface area (Å²) in [6, 6.07) is 12.1. The number of halogens is 3. The van der Waals surface area contributed by atoms with E-state index in [-0.39, 0.29) is 24.1 Å². The van der Waals surface area contributed by atoms with E-state index in [1.165, 1.54) is 10.4 Å². The Labute approximate surface area is 192 Å². The molecule has 9 heteroatoms. The molecule has 1 amide bonds. The monoisotopic (exact) mass is 488 g/mol. The highest BCUT2D eigenvalue weighted by Gasteiger charge is 2.34. The van der Waals surface area contributed by atoms with Crippen molar-refractivity contribution >= 4 is 50.7 Å². The van der Waals surface area contributed by atoms with E-state index in [1.807, 2.05) is 12.1 Å².